The quantitative estimate of drug-likeness (QED) is 0.0918. The summed E-state index contributed by atoms with van der Waals surface area (Å²) in [7, 11) is 0. The Kier molecular flexibility index (Phi) is 21.3. The number of carboxylic acid groups (broad SMARTS) is 5. The minimum Gasteiger partial charge on any atom is -1.00 e. The summed E-state index contributed by atoms with van der Waals surface area (Å²) >= 11 is 0. The summed E-state index contributed by atoms with van der Waals surface area (Å²) in [5.74, 6) is -5.65. The summed E-state index contributed by atoms with van der Waals surface area (Å²) in [6.45, 7) is -0.837. The molecule has 14 nitrogen and oxygen atoms in total. The zero-order valence-electron chi connectivity index (χ0n) is 24.5. The molecular weight excluding hydrogens is 540 g/mol. The van der Waals surface area contributed by atoms with Gasteiger partial charge in [0.1, 0.15) is 5.75 Å². The van der Waals surface area contributed by atoms with Gasteiger partial charge < -0.3 is 33.1 Å². The zero-order chi connectivity index (χ0) is 28.0. The molecule has 39 heavy (non-hydrogen) atoms. The van der Waals surface area contributed by atoms with Crippen molar-refractivity contribution in [2.24, 2.45) is 0 Å². The molecule has 0 saturated carbocycles. The van der Waals surface area contributed by atoms with Crippen LogP contribution in [-0.2, 0) is 30.4 Å². The number of rotatable bonds is 20. The molecule has 0 saturated heterocycles. The fourth-order valence-corrected chi connectivity index (χ4v) is 3.73. The maximum Gasteiger partial charge on any atom is 1.00 e. The van der Waals surface area contributed by atoms with Gasteiger partial charge >= 0.3 is 89.0 Å². The van der Waals surface area contributed by atoms with E-state index < -0.39 is 68.6 Å². The molecule has 0 fully saturated rings. The fourth-order valence-electron chi connectivity index (χ4n) is 3.73. The van der Waals surface area contributed by atoms with Crippen LogP contribution in [0.4, 0.5) is 0 Å². The minimum atomic E-state index is -1.27. The Balaban J connectivity index is -0.00000171. The van der Waals surface area contributed by atoms with Gasteiger partial charge in [-0.05, 0) is 31.0 Å². The molecule has 0 aromatic heterocycles. The van der Waals surface area contributed by atoms with Gasteiger partial charge in [-0.3, -0.25) is 38.7 Å². The van der Waals surface area contributed by atoms with Crippen molar-refractivity contribution in [3.63, 3.8) is 0 Å². The van der Waals surface area contributed by atoms with Crippen LogP contribution in [0.3, 0.4) is 0 Å². The zero-order valence-corrected chi connectivity index (χ0v) is 26.5. The molecule has 0 spiro atoms. The van der Waals surface area contributed by atoms with Crippen LogP contribution < -0.4 is 63.9 Å². The van der Waals surface area contributed by atoms with Crippen molar-refractivity contribution in [2.75, 3.05) is 59.0 Å². The molecular formula is C23H35N3Na2O11. The van der Waals surface area contributed by atoms with E-state index in [0.29, 0.717) is 12.4 Å². The molecule has 1 aromatic rings. The second kappa shape index (κ2) is 21.1. The van der Waals surface area contributed by atoms with E-state index in [4.69, 9.17) is 14.9 Å². The predicted octanol–water partition coefficient (Wildman–Crippen LogP) is -6.44. The summed E-state index contributed by atoms with van der Waals surface area (Å²) in [4.78, 5) is 60.4. The number of nitrogens with zero attached hydrogens (tertiary/aromatic N) is 3. The van der Waals surface area contributed by atoms with Gasteiger partial charge in [-0.2, -0.15) is 0 Å². The molecule has 0 bridgehead atoms. The topological polar surface area (TPSA) is 205 Å². The summed E-state index contributed by atoms with van der Waals surface area (Å²) in [5, 5.41) is 46.2. The minimum absolute atomic E-state index is 0. The Morgan fingerprint density at radius 1 is 0.718 bits per heavy atom. The molecule has 0 aliphatic heterocycles. The third-order valence-electron chi connectivity index (χ3n) is 5.18. The summed E-state index contributed by atoms with van der Waals surface area (Å²) in [6, 6.07) is 6.14. The molecule has 1 aromatic carbocycles. The Labute approximate surface area is 273 Å². The first-order valence-electron chi connectivity index (χ1n) is 11.4. The van der Waals surface area contributed by atoms with Gasteiger partial charge in [0, 0.05) is 25.7 Å². The predicted molar refractivity (Wildman–Crippen MR) is 130 cm³/mol. The second-order valence-electron chi connectivity index (χ2n) is 8.25. The summed E-state index contributed by atoms with van der Waals surface area (Å²) < 4.78 is 5.41. The molecule has 5 N–H and O–H groups in total. The van der Waals surface area contributed by atoms with Crippen LogP contribution in [0, 0.1) is 0 Å². The number of hydrogen-bond acceptors (Lipinski definition) is 9. The van der Waals surface area contributed by atoms with Crippen LogP contribution in [0.1, 0.15) is 15.3 Å². The number of carboxylic acids is 5. The summed E-state index contributed by atoms with van der Waals surface area (Å²) in [6.07, 6.45) is 0.178. The first-order valence-corrected chi connectivity index (χ1v) is 11.4. The molecule has 1 unspecified atom stereocenters. The van der Waals surface area contributed by atoms with Crippen LogP contribution in [0.2, 0.25) is 0 Å². The van der Waals surface area contributed by atoms with Crippen LogP contribution >= 0.6 is 0 Å². The third-order valence-corrected chi connectivity index (χ3v) is 5.18. The van der Waals surface area contributed by atoms with Gasteiger partial charge in [0.15, 0.2) is 0 Å². The van der Waals surface area contributed by atoms with Crippen molar-refractivity contribution in [1.29, 1.82) is 0 Å². The smallest absolute Gasteiger partial charge is 1.00 e. The van der Waals surface area contributed by atoms with Crippen molar-refractivity contribution in [3.05, 3.63) is 29.8 Å². The van der Waals surface area contributed by atoms with Crippen molar-refractivity contribution < 1.29 is 116 Å². The van der Waals surface area contributed by atoms with E-state index in [1.807, 2.05) is 6.92 Å². The SMILES string of the molecule is CCOc1ccc(CC(CN(CCN(CC(=O)O)CC(=O)O)CC(=O)O)N(CC(=O)O)CC(=O)O)cc1.[H-].[H-].[Na+].[Na+]. The molecule has 0 aliphatic rings. The van der Waals surface area contributed by atoms with Crippen LogP contribution in [0.5, 0.6) is 5.75 Å². The normalized spacial score (nSPS) is 11.4. The van der Waals surface area contributed by atoms with E-state index in [-0.39, 0.29) is 88.0 Å². The standard InChI is InChI=1S/C23H33N3O11.2Na.2H/c1-2-37-18-5-3-16(4-6-18)9-17(26(14-22(33)34)15-23(35)36)10-24(11-19(27)28)7-8-25(12-20(29)30)13-21(31)32;;;;/h3-6,17H,2,7-15H2,1H3,(H,27,28)(H,29,30)(H,31,32)(H,33,34)(H,35,36);;;;/q;2*+1;2*-1. The Morgan fingerprint density at radius 2 is 1.13 bits per heavy atom. The number of ether oxygens (including phenoxy) is 1. The van der Waals surface area contributed by atoms with Gasteiger partial charge in [0.25, 0.3) is 0 Å². The van der Waals surface area contributed by atoms with Gasteiger partial charge in [0.05, 0.1) is 39.3 Å². The first-order chi connectivity index (χ1) is 17.4. The Morgan fingerprint density at radius 3 is 1.54 bits per heavy atom. The number of benzene rings is 1. The fraction of sp³-hybridized carbons (Fsp3) is 0.522. The van der Waals surface area contributed by atoms with Gasteiger partial charge in [0.2, 0.25) is 0 Å². The van der Waals surface area contributed by atoms with E-state index in [2.05, 4.69) is 0 Å². The van der Waals surface area contributed by atoms with Crippen LogP contribution in [0.25, 0.3) is 0 Å². The maximum absolute atomic E-state index is 11.5. The third kappa shape index (κ3) is 18.3. The van der Waals surface area contributed by atoms with Crippen molar-refractivity contribution in [3.8, 4) is 5.75 Å². The first kappa shape index (κ1) is 39.4. The molecule has 0 aliphatic carbocycles. The number of aliphatic carboxylic acids is 5. The molecule has 16 heteroatoms. The van der Waals surface area contributed by atoms with Crippen LogP contribution in [-0.4, -0.2) is 135 Å². The second-order valence-corrected chi connectivity index (χ2v) is 8.25. The van der Waals surface area contributed by atoms with Crippen molar-refractivity contribution in [1.82, 2.24) is 14.7 Å². The van der Waals surface area contributed by atoms with E-state index in [1.165, 1.54) is 9.80 Å². The molecule has 0 amide bonds. The average molecular weight is 576 g/mol. The van der Waals surface area contributed by atoms with E-state index >= 15 is 0 Å². The maximum atomic E-state index is 11.5. The largest absolute Gasteiger partial charge is 1.00 e. The number of hydrogen-bond donors (Lipinski definition) is 5. The van der Waals surface area contributed by atoms with Crippen LogP contribution in [0.15, 0.2) is 24.3 Å². The molecule has 1 rings (SSSR count). The van der Waals surface area contributed by atoms with Crippen molar-refractivity contribution in [2.45, 2.75) is 19.4 Å². The monoisotopic (exact) mass is 575 g/mol. The number of carbonyl (C=O) groups is 5. The van der Waals surface area contributed by atoms with Gasteiger partial charge in [-0.25, -0.2) is 0 Å². The van der Waals surface area contributed by atoms with E-state index in [1.54, 1.807) is 24.3 Å². The van der Waals surface area contributed by atoms with Crippen molar-refractivity contribution >= 4 is 29.8 Å². The molecule has 1 atom stereocenters. The van der Waals surface area contributed by atoms with E-state index in [9.17, 15) is 39.3 Å². The molecule has 210 valence electrons. The van der Waals surface area contributed by atoms with Gasteiger partial charge in [-0.1, -0.05) is 12.1 Å². The van der Waals surface area contributed by atoms with Gasteiger partial charge in [-0.15, -0.1) is 0 Å². The molecule has 0 heterocycles. The summed E-state index contributed by atoms with van der Waals surface area (Å²) in [5.41, 5.74) is 0.725. The van der Waals surface area contributed by atoms with E-state index in [0.717, 1.165) is 10.5 Å². The Bertz CT molecular complexity index is 914. The Hall–Kier alpha value is -1.75. The average Bonchev–Trinajstić information content (AvgIpc) is 2.76. The molecule has 0 radical (unpaired) electrons.